The number of amides is 4. The van der Waals surface area contributed by atoms with Gasteiger partial charge in [0.25, 0.3) is 11.8 Å². The molecule has 2 aromatic carbocycles. The summed E-state index contributed by atoms with van der Waals surface area (Å²) in [6, 6.07) is 14.6. The number of urea groups is 1. The molecule has 0 saturated carbocycles. The molecule has 6 nitrogen and oxygen atoms in total. The number of hydrogen-bond donors (Lipinski definition) is 1. The summed E-state index contributed by atoms with van der Waals surface area (Å²) < 4.78 is 5.13. The Balaban J connectivity index is 2.00. The zero-order valence-electron chi connectivity index (χ0n) is 12.9. The van der Waals surface area contributed by atoms with Crippen LogP contribution in [-0.2, 0) is 9.59 Å². The molecule has 1 saturated heterocycles. The van der Waals surface area contributed by atoms with Crippen molar-refractivity contribution >= 4 is 29.6 Å². The maximum atomic E-state index is 12.7. The van der Waals surface area contributed by atoms with E-state index in [4.69, 9.17) is 4.74 Å². The minimum Gasteiger partial charge on any atom is -0.497 e. The average molecular weight is 322 g/mol. The van der Waals surface area contributed by atoms with Crippen LogP contribution in [0.5, 0.6) is 5.75 Å². The van der Waals surface area contributed by atoms with E-state index >= 15 is 0 Å². The lowest BCUT2D eigenvalue weighted by Crippen LogP contribution is -2.54. The Bertz CT molecular complexity index is 843. The van der Waals surface area contributed by atoms with E-state index in [1.807, 2.05) is 0 Å². The lowest BCUT2D eigenvalue weighted by Gasteiger charge is -2.26. The number of benzene rings is 2. The number of carbonyl (C=O) groups excluding carboxylic acids is 3. The quantitative estimate of drug-likeness (QED) is 0.695. The van der Waals surface area contributed by atoms with Crippen LogP contribution in [0.4, 0.5) is 10.5 Å². The highest BCUT2D eigenvalue weighted by Crippen LogP contribution is 2.22. The molecule has 0 spiro atoms. The van der Waals surface area contributed by atoms with Crippen molar-refractivity contribution in [2.75, 3.05) is 12.0 Å². The second kappa shape index (κ2) is 6.37. The van der Waals surface area contributed by atoms with Gasteiger partial charge in [-0.2, -0.15) is 0 Å². The highest BCUT2D eigenvalue weighted by atomic mass is 16.5. The number of carbonyl (C=O) groups is 3. The third-order valence-electron chi connectivity index (χ3n) is 3.52. The van der Waals surface area contributed by atoms with Gasteiger partial charge in [-0.15, -0.1) is 0 Å². The molecule has 120 valence electrons. The molecule has 24 heavy (non-hydrogen) atoms. The number of anilines is 1. The zero-order chi connectivity index (χ0) is 17.1. The van der Waals surface area contributed by atoms with E-state index in [0.717, 1.165) is 4.90 Å². The highest BCUT2D eigenvalue weighted by molar-refractivity contribution is 6.39. The molecule has 0 radical (unpaired) electrons. The summed E-state index contributed by atoms with van der Waals surface area (Å²) in [6.45, 7) is 0. The Morgan fingerprint density at radius 2 is 1.75 bits per heavy atom. The van der Waals surface area contributed by atoms with Crippen LogP contribution in [0.3, 0.4) is 0 Å². The summed E-state index contributed by atoms with van der Waals surface area (Å²) in [4.78, 5) is 37.7. The number of nitrogens with zero attached hydrogens (tertiary/aromatic N) is 1. The van der Waals surface area contributed by atoms with Crippen molar-refractivity contribution in [3.05, 3.63) is 65.7 Å². The van der Waals surface area contributed by atoms with Crippen LogP contribution < -0.4 is 15.0 Å². The molecule has 1 fully saturated rings. The number of hydrogen-bond acceptors (Lipinski definition) is 4. The van der Waals surface area contributed by atoms with Crippen LogP contribution in [-0.4, -0.2) is 25.0 Å². The van der Waals surface area contributed by atoms with Crippen molar-refractivity contribution in [3.63, 3.8) is 0 Å². The maximum Gasteiger partial charge on any atom is 0.335 e. The van der Waals surface area contributed by atoms with E-state index in [2.05, 4.69) is 5.32 Å². The van der Waals surface area contributed by atoms with Crippen molar-refractivity contribution in [2.45, 2.75) is 0 Å². The summed E-state index contributed by atoms with van der Waals surface area (Å²) in [6.07, 6.45) is 1.43. The molecule has 1 heterocycles. The lowest BCUT2D eigenvalue weighted by molar-refractivity contribution is -0.122. The average Bonchev–Trinajstić information content (AvgIpc) is 2.59. The van der Waals surface area contributed by atoms with Gasteiger partial charge in [-0.3, -0.25) is 14.9 Å². The molecule has 6 heteroatoms. The number of rotatable bonds is 3. The summed E-state index contributed by atoms with van der Waals surface area (Å²) >= 11 is 0. The number of para-hydroxylation sites is 1. The van der Waals surface area contributed by atoms with Crippen LogP contribution in [0, 0.1) is 0 Å². The third kappa shape index (κ3) is 2.89. The topological polar surface area (TPSA) is 75.7 Å². The van der Waals surface area contributed by atoms with Gasteiger partial charge in [-0.25, -0.2) is 9.69 Å². The highest BCUT2D eigenvalue weighted by Gasteiger charge is 2.36. The third-order valence-corrected chi connectivity index (χ3v) is 3.52. The van der Waals surface area contributed by atoms with Crippen LogP contribution in [0.15, 0.2) is 60.2 Å². The van der Waals surface area contributed by atoms with Crippen LogP contribution in [0.25, 0.3) is 6.08 Å². The molecule has 1 aliphatic rings. The summed E-state index contributed by atoms with van der Waals surface area (Å²) in [7, 11) is 1.53. The van der Waals surface area contributed by atoms with Gasteiger partial charge >= 0.3 is 6.03 Å². The standard InChI is InChI=1S/C18H14N2O4/c1-24-14-9-5-6-12(10-14)11-15-16(21)19-18(23)20(17(15)22)13-7-3-2-4-8-13/h2-11H,1H3,(H,19,21,23)/b15-11+. The van der Waals surface area contributed by atoms with Crippen LogP contribution in [0.1, 0.15) is 5.56 Å². The van der Waals surface area contributed by atoms with Gasteiger partial charge in [0.15, 0.2) is 0 Å². The molecule has 0 aliphatic carbocycles. The molecule has 0 atom stereocenters. The van der Waals surface area contributed by atoms with Crippen LogP contribution >= 0.6 is 0 Å². The number of ether oxygens (including phenoxy) is 1. The van der Waals surface area contributed by atoms with Crippen molar-refractivity contribution in [3.8, 4) is 5.75 Å². The first-order valence-corrected chi connectivity index (χ1v) is 7.20. The van der Waals surface area contributed by atoms with Gasteiger partial charge in [-0.05, 0) is 35.9 Å². The normalized spacial score (nSPS) is 16.3. The Labute approximate surface area is 138 Å². The smallest absolute Gasteiger partial charge is 0.335 e. The lowest BCUT2D eigenvalue weighted by atomic mass is 10.1. The predicted octanol–water partition coefficient (Wildman–Crippen LogP) is 2.36. The fourth-order valence-corrected chi connectivity index (χ4v) is 2.37. The molecule has 3 rings (SSSR count). The van der Waals surface area contributed by atoms with Crippen LogP contribution in [0.2, 0.25) is 0 Å². The number of barbiturate groups is 1. The molecular weight excluding hydrogens is 308 g/mol. The number of methoxy groups -OCH3 is 1. The molecule has 1 aliphatic heterocycles. The fraction of sp³-hybridized carbons (Fsp3) is 0.0556. The minimum absolute atomic E-state index is 0.119. The molecule has 4 amide bonds. The molecular formula is C18H14N2O4. The Kier molecular flexibility index (Phi) is 4.11. The fourth-order valence-electron chi connectivity index (χ4n) is 2.37. The predicted molar refractivity (Wildman–Crippen MR) is 88.4 cm³/mol. The molecule has 0 aromatic heterocycles. The van der Waals surface area contributed by atoms with Crippen molar-refractivity contribution < 1.29 is 19.1 Å². The molecule has 1 N–H and O–H groups in total. The Morgan fingerprint density at radius 1 is 1.00 bits per heavy atom. The van der Waals surface area contributed by atoms with Gasteiger partial charge < -0.3 is 4.74 Å². The molecule has 0 unspecified atom stereocenters. The minimum atomic E-state index is -0.765. The van der Waals surface area contributed by atoms with E-state index in [1.165, 1.54) is 13.2 Å². The van der Waals surface area contributed by atoms with Gasteiger partial charge in [-0.1, -0.05) is 30.3 Å². The molecule has 2 aromatic rings. The zero-order valence-corrected chi connectivity index (χ0v) is 12.9. The van der Waals surface area contributed by atoms with E-state index in [9.17, 15) is 14.4 Å². The van der Waals surface area contributed by atoms with Crippen molar-refractivity contribution in [2.24, 2.45) is 0 Å². The van der Waals surface area contributed by atoms with E-state index in [-0.39, 0.29) is 5.57 Å². The van der Waals surface area contributed by atoms with E-state index < -0.39 is 17.8 Å². The van der Waals surface area contributed by atoms with E-state index in [1.54, 1.807) is 54.6 Å². The summed E-state index contributed by atoms with van der Waals surface area (Å²) in [5, 5.41) is 2.18. The Morgan fingerprint density at radius 3 is 2.46 bits per heavy atom. The SMILES string of the molecule is COc1cccc(/C=C2\C(=O)NC(=O)N(c3ccccc3)C2=O)c1. The first kappa shape index (κ1) is 15.5. The first-order valence-electron chi connectivity index (χ1n) is 7.20. The molecule has 0 bridgehead atoms. The monoisotopic (exact) mass is 322 g/mol. The second-order valence-electron chi connectivity index (χ2n) is 5.07. The summed E-state index contributed by atoms with van der Waals surface area (Å²) in [5.74, 6) is -0.790. The second-order valence-corrected chi connectivity index (χ2v) is 5.07. The summed E-state index contributed by atoms with van der Waals surface area (Å²) in [5.41, 5.74) is 0.894. The van der Waals surface area contributed by atoms with Crippen molar-refractivity contribution in [1.29, 1.82) is 0 Å². The Hall–Kier alpha value is -3.41. The van der Waals surface area contributed by atoms with Gasteiger partial charge in [0.1, 0.15) is 11.3 Å². The number of nitrogens with one attached hydrogen (secondary N) is 1. The maximum absolute atomic E-state index is 12.7. The first-order chi connectivity index (χ1) is 11.6. The van der Waals surface area contributed by atoms with Crippen molar-refractivity contribution in [1.82, 2.24) is 5.32 Å². The van der Waals surface area contributed by atoms with Gasteiger partial charge in [0, 0.05) is 0 Å². The van der Waals surface area contributed by atoms with Gasteiger partial charge in [0.05, 0.1) is 12.8 Å². The largest absolute Gasteiger partial charge is 0.497 e. The van der Waals surface area contributed by atoms with Gasteiger partial charge in [0.2, 0.25) is 0 Å². The number of imide groups is 2. The van der Waals surface area contributed by atoms with E-state index in [0.29, 0.717) is 17.0 Å².